The van der Waals surface area contributed by atoms with Gasteiger partial charge >= 0.3 is 0 Å². The number of ether oxygens (including phenoxy) is 7. The van der Waals surface area contributed by atoms with Crippen LogP contribution in [0.3, 0.4) is 0 Å². The van der Waals surface area contributed by atoms with Crippen LogP contribution >= 0.6 is 0 Å². The van der Waals surface area contributed by atoms with Gasteiger partial charge in [0.15, 0.2) is 23.0 Å². The number of rotatable bonds is 8. The quantitative estimate of drug-likeness (QED) is 0.384. The van der Waals surface area contributed by atoms with Gasteiger partial charge in [-0.05, 0) is 35.4 Å². The Bertz CT molecular complexity index is 1110. The second-order valence-electron chi connectivity index (χ2n) is 9.68. The molecule has 4 N–H and O–H groups in total. The Morgan fingerprint density at radius 2 is 1.24 bits per heavy atom. The van der Waals surface area contributed by atoms with Crippen molar-refractivity contribution in [3.05, 3.63) is 47.5 Å². The lowest BCUT2D eigenvalue weighted by atomic mass is 9.85. The van der Waals surface area contributed by atoms with Gasteiger partial charge in [0, 0.05) is 11.8 Å². The lowest BCUT2D eigenvalue weighted by Crippen LogP contribution is -2.60. The lowest BCUT2D eigenvalue weighted by Gasteiger charge is -2.39. The van der Waals surface area contributed by atoms with Crippen molar-refractivity contribution in [1.82, 2.24) is 0 Å². The first kappa shape index (κ1) is 26.9. The van der Waals surface area contributed by atoms with Gasteiger partial charge in [-0.15, -0.1) is 0 Å². The molecule has 0 radical (unpaired) electrons. The summed E-state index contributed by atoms with van der Waals surface area (Å²) in [6.07, 6.45) is -7.29. The number of fused-ring (bicyclic) bond motifs is 1. The summed E-state index contributed by atoms with van der Waals surface area (Å²) in [5.41, 5.74) is 1.88. The topological polar surface area (TPSA) is 146 Å². The Morgan fingerprint density at radius 1 is 0.711 bits per heavy atom. The Hall–Kier alpha value is -2.64. The zero-order chi connectivity index (χ0) is 27.0. The summed E-state index contributed by atoms with van der Waals surface area (Å²) in [6, 6.07) is 11.1. The molecule has 11 heteroatoms. The molecule has 0 unspecified atom stereocenters. The predicted octanol–water partition coefficient (Wildman–Crippen LogP) is 0.966. The minimum absolute atomic E-state index is 0.120. The summed E-state index contributed by atoms with van der Waals surface area (Å²) in [5.74, 6) is 2.21. The third-order valence-electron chi connectivity index (χ3n) is 7.61. The molecule has 3 fully saturated rings. The number of aliphatic hydroxyl groups is 4. The van der Waals surface area contributed by atoms with E-state index in [0.717, 1.165) is 11.1 Å². The zero-order valence-electron chi connectivity index (χ0n) is 21.4. The second kappa shape index (κ2) is 11.2. The second-order valence-corrected chi connectivity index (χ2v) is 9.68. The summed E-state index contributed by atoms with van der Waals surface area (Å²) in [4.78, 5) is 0. The Labute approximate surface area is 220 Å². The van der Waals surface area contributed by atoms with Crippen LogP contribution in [0.15, 0.2) is 36.4 Å². The van der Waals surface area contributed by atoms with Gasteiger partial charge in [0.05, 0.1) is 53.4 Å². The predicted molar refractivity (Wildman–Crippen MR) is 131 cm³/mol. The highest BCUT2D eigenvalue weighted by Crippen LogP contribution is 2.51. The molecule has 2 aromatic carbocycles. The molecule has 0 aromatic heterocycles. The minimum atomic E-state index is -1.54. The van der Waals surface area contributed by atoms with Crippen molar-refractivity contribution in [2.45, 2.75) is 42.9 Å². The Kier molecular flexibility index (Phi) is 7.96. The molecule has 0 spiro atoms. The third-order valence-corrected chi connectivity index (χ3v) is 7.61. The van der Waals surface area contributed by atoms with Crippen LogP contribution < -0.4 is 18.9 Å². The van der Waals surface area contributed by atoms with E-state index < -0.39 is 37.3 Å². The van der Waals surface area contributed by atoms with Crippen molar-refractivity contribution >= 4 is 0 Å². The molecule has 3 saturated heterocycles. The highest BCUT2D eigenvalue weighted by atomic mass is 16.7. The standard InChI is InChI=1S/C27H34O11/c1-32-17-6-4-13(8-19(17)33-2)25-15-11-36-26(16(15)12-35-25)14-5-7-18(20(9-14)34-3)37-27-24(31)23(30)22(29)21(10-28)38-27/h4-9,15-16,21-31H,10-12H2,1-3H3/t15-,16-,21-,22-,23+,24+,25-,26+,27+/m1/s1. The number of aliphatic hydroxyl groups excluding tert-OH is 4. The maximum absolute atomic E-state index is 10.3. The lowest BCUT2D eigenvalue weighted by molar-refractivity contribution is -0.277. The number of hydrogen-bond donors (Lipinski definition) is 4. The fraction of sp³-hybridized carbons (Fsp3) is 0.556. The fourth-order valence-corrected chi connectivity index (χ4v) is 5.51. The summed E-state index contributed by atoms with van der Waals surface area (Å²) in [6.45, 7) is 0.508. The SMILES string of the molecule is COc1ccc([C@H]2OC[C@@H]3[C@H]2CO[C@H]3c2ccc(O[C@H]3O[C@H](CO)[C@@H](O)[C@H](O)[C@@H]3O)c(OC)c2)cc1OC. The molecular formula is C27H34O11. The van der Waals surface area contributed by atoms with Crippen LogP contribution in [0.1, 0.15) is 23.3 Å². The molecule has 3 heterocycles. The molecule has 3 aliphatic rings. The molecule has 5 rings (SSSR count). The van der Waals surface area contributed by atoms with Crippen LogP contribution in [0.25, 0.3) is 0 Å². The molecule has 38 heavy (non-hydrogen) atoms. The van der Waals surface area contributed by atoms with Gasteiger partial charge in [-0.1, -0.05) is 12.1 Å². The van der Waals surface area contributed by atoms with Crippen molar-refractivity contribution in [2.24, 2.45) is 11.8 Å². The van der Waals surface area contributed by atoms with E-state index in [1.165, 1.54) is 7.11 Å². The minimum Gasteiger partial charge on any atom is -0.493 e. The molecular weight excluding hydrogens is 500 g/mol. The zero-order valence-corrected chi connectivity index (χ0v) is 21.4. The summed E-state index contributed by atoms with van der Waals surface area (Å²) in [7, 11) is 4.69. The molecule has 3 aliphatic heterocycles. The van der Waals surface area contributed by atoms with Crippen LogP contribution in [0, 0.1) is 11.8 Å². The first-order chi connectivity index (χ1) is 18.4. The van der Waals surface area contributed by atoms with Gasteiger partial charge in [-0.2, -0.15) is 0 Å². The van der Waals surface area contributed by atoms with Crippen molar-refractivity contribution in [3.8, 4) is 23.0 Å². The molecule has 2 aromatic rings. The van der Waals surface area contributed by atoms with Gasteiger partial charge in [0.1, 0.15) is 24.4 Å². The van der Waals surface area contributed by atoms with E-state index in [-0.39, 0.29) is 29.8 Å². The van der Waals surface area contributed by atoms with E-state index in [2.05, 4.69) is 0 Å². The van der Waals surface area contributed by atoms with E-state index in [4.69, 9.17) is 33.2 Å². The molecule has 208 valence electrons. The molecule has 0 saturated carbocycles. The molecule has 0 bridgehead atoms. The van der Waals surface area contributed by atoms with E-state index in [0.29, 0.717) is 30.5 Å². The van der Waals surface area contributed by atoms with E-state index in [9.17, 15) is 20.4 Å². The molecule has 0 amide bonds. The number of benzene rings is 2. The maximum Gasteiger partial charge on any atom is 0.229 e. The number of methoxy groups -OCH3 is 3. The smallest absolute Gasteiger partial charge is 0.229 e. The van der Waals surface area contributed by atoms with Gasteiger partial charge in [-0.3, -0.25) is 0 Å². The highest BCUT2D eigenvalue weighted by molar-refractivity contribution is 5.45. The summed E-state index contributed by atoms with van der Waals surface area (Å²) < 4.78 is 40.1. The van der Waals surface area contributed by atoms with Gasteiger partial charge in [0.2, 0.25) is 6.29 Å². The van der Waals surface area contributed by atoms with Crippen molar-refractivity contribution in [1.29, 1.82) is 0 Å². The molecule has 11 nitrogen and oxygen atoms in total. The van der Waals surface area contributed by atoms with Crippen LogP contribution in [0.4, 0.5) is 0 Å². The maximum atomic E-state index is 10.3. The van der Waals surface area contributed by atoms with Gasteiger partial charge in [-0.25, -0.2) is 0 Å². The van der Waals surface area contributed by atoms with Crippen LogP contribution in [-0.2, 0) is 14.2 Å². The van der Waals surface area contributed by atoms with E-state index in [1.807, 2.05) is 24.3 Å². The van der Waals surface area contributed by atoms with E-state index >= 15 is 0 Å². The van der Waals surface area contributed by atoms with Crippen LogP contribution in [0.5, 0.6) is 23.0 Å². The van der Waals surface area contributed by atoms with Crippen molar-refractivity contribution in [2.75, 3.05) is 41.2 Å². The highest BCUT2D eigenvalue weighted by Gasteiger charge is 2.49. The number of hydrogen-bond acceptors (Lipinski definition) is 11. The first-order valence-corrected chi connectivity index (χ1v) is 12.5. The summed E-state index contributed by atoms with van der Waals surface area (Å²) in [5, 5.41) is 39.8. The Balaban J connectivity index is 1.31. The average Bonchev–Trinajstić information content (AvgIpc) is 3.55. The average molecular weight is 535 g/mol. The van der Waals surface area contributed by atoms with Crippen molar-refractivity contribution < 1.29 is 53.6 Å². The summed E-state index contributed by atoms with van der Waals surface area (Å²) >= 11 is 0. The largest absolute Gasteiger partial charge is 0.493 e. The molecule has 9 atom stereocenters. The van der Waals surface area contributed by atoms with Crippen LogP contribution in [0.2, 0.25) is 0 Å². The first-order valence-electron chi connectivity index (χ1n) is 12.5. The van der Waals surface area contributed by atoms with Gasteiger partial charge in [0.25, 0.3) is 0 Å². The third kappa shape index (κ3) is 4.79. The normalized spacial score (nSPS) is 34.6. The van der Waals surface area contributed by atoms with Crippen molar-refractivity contribution in [3.63, 3.8) is 0 Å². The van der Waals surface area contributed by atoms with Crippen LogP contribution in [-0.4, -0.2) is 92.3 Å². The fourth-order valence-electron chi connectivity index (χ4n) is 5.51. The molecule has 0 aliphatic carbocycles. The van der Waals surface area contributed by atoms with Gasteiger partial charge < -0.3 is 53.6 Å². The van der Waals surface area contributed by atoms with E-state index in [1.54, 1.807) is 26.4 Å². The monoisotopic (exact) mass is 534 g/mol. The Morgan fingerprint density at radius 3 is 1.76 bits per heavy atom.